The van der Waals surface area contributed by atoms with E-state index in [1.807, 2.05) is 0 Å². The molecule has 0 saturated carbocycles. The number of hydrogen-bond acceptors (Lipinski definition) is 4. The number of pyridine rings is 1. The number of ether oxygens (including phenoxy) is 2. The molecule has 0 fully saturated rings. The highest BCUT2D eigenvalue weighted by Gasteiger charge is 2.44. The first-order valence-electron chi connectivity index (χ1n) is 5.00. The second kappa shape index (κ2) is 6.08. The van der Waals surface area contributed by atoms with E-state index in [1.54, 1.807) is 0 Å². The third kappa shape index (κ3) is 4.22. The van der Waals surface area contributed by atoms with Crippen LogP contribution >= 0.6 is 15.9 Å². The summed E-state index contributed by atoms with van der Waals surface area (Å²) in [5, 5.41) is -0.225. The maximum Gasteiger partial charge on any atom is 0.573 e. The molecule has 1 aromatic rings. The van der Waals surface area contributed by atoms with Crippen LogP contribution in [0.1, 0.15) is 21.6 Å². The summed E-state index contributed by atoms with van der Waals surface area (Å²) >= 11 is 2.83. The molecule has 1 rings (SSSR count). The highest BCUT2D eigenvalue weighted by Crippen LogP contribution is 2.40. The Morgan fingerprint density at radius 2 is 1.86 bits per heavy atom. The summed E-state index contributed by atoms with van der Waals surface area (Å²) in [5.41, 5.74) is -3.20. The minimum absolute atomic E-state index is 0.225. The molecule has 0 saturated heterocycles. The summed E-state index contributed by atoms with van der Waals surface area (Å²) in [7, 11) is 0.811. The van der Waals surface area contributed by atoms with Crippen molar-refractivity contribution in [1.29, 1.82) is 0 Å². The van der Waals surface area contributed by atoms with E-state index >= 15 is 0 Å². The highest BCUT2D eigenvalue weighted by atomic mass is 79.9. The molecule has 4 nitrogen and oxygen atoms in total. The molecule has 0 aliphatic rings. The van der Waals surface area contributed by atoms with Gasteiger partial charge in [-0.25, -0.2) is 9.78 Å². The number of carbonyl (C=O) groups is 1. The van der Waals surface area contributed by atoms with E-state index < -0.39 is 35.5 Å². The van der Waals surface area contributed by atoms with E-state index in [1.165, 1.54) is 0 Å². The van der Waals surface area contributed by atoms with Gasteiger partial charge in [0, 0.05) is 11.5 Å². The van der Waals surface area contributed by atoms with Crippen LogP contribution in [0.5, 0.6) is 5.75 Å². The minimum Gasteiger partial charge on any atom is -0.465 e. The van der Waals surface area contributed by atoms with Crippen molar-refractivity contribution in [2.75, 3.05) is 7.11 Å². The van der Waals surface area contributed by atoms with Crippen molar-refractivity contribution in [3.8, 4) is 5.75 Å². The molecule has 0 N–H and O–H groups in total. The van der Waals surface area contributed by atoms with Gasteiger partial charge in [0.05, 0.1) is 7.11 Å². The Hall–Kier alpha value is -1.52. The minimum atomic E-state index is -5.44. The van der Waals surface area contributed by atoms with E-state index in [4.69, 9.17) is 0 Å². The van der Waals surface area contributed by atoms with Gasteiger partial charge in [-0.15, -0.1) is 13.2 Å². The molecule has 0 atom stereocenters. The second-order valence-corrected chi connectivity index (χ2v) is 4.07. The van der Waals surface area contributed by atoms with Crippen molar-refractivity contribution >= 4 is 21.9 Å². The number of hydrogen-bond donors (Lipinski definition) is 0. The van der Waals surface area contributed by atoms with E-state index in [-0.39, 0.29) is 10.9 Å². The van der Waals surface area contributed by atoms with Crippen molar-refractivity contribution < 1.29 is 40.6 Å². The van der Waals surface area contributed by atoms with Crippen LogP contribution in [-0.2, 0) is 16.2 Å². The Morgan fingerprint density at radius 3 is 2.24 bits per heavy atom. The van der Waals surface area contributed by atoms with Gasteiger partial charge in [-0.1, -0.05) is 15.9 Å². The van der Waals surface area contributed by atoms with E-state index in [9.17, 15) is 31.1 Å². The average molecular weight is 382 g/mol. The molecule has 0 aliphatic carbocycles. The summed E-state index contributed by atoms with van der Waals surface area (Å²) in [5.74, 6) is -3.14. The Kier molecular flexibility index (Phi) is 5.07. The smallest absolute Gasteiger partial charge is 0.465 e. The van der Waals surface area contributed by atoms with Gasteiger partial charge in [-0.05, 0) is 5.56 Å². The molecule has 0 radical (unpaired) electrons. The van der Waals surface area contributed by atoms with Crippen molar-refractivity contribution in [2.45, 2.75) is 17.9 Å². The quantitative estimate of drug-likeness (QED) is 0.455. The standard InChI is InChI=1S/C10H6BrF6NO3/c1-20-8(19)5-4(2-11)3-18-7(9(12,13)14)6(5)21-10(15,16)17/h3H,2H2,1H3. The van der Waals surface area contributed by atoms with Crippen LogP contribution in [0.15, 0.2) is 6.20 Å². The maximum atomic E-state index is 12.7. The van der Waals surface area contributed by atoms with Crippen molar-refractivity contribution in [3.05, 3.63) is 23.0 Å². The molecule has 0 aromatic carbocycles. The number of aromatic nitrogens is 1. The Balaban J connectivity index is 3.66. The molecule has 1 aromatic heterocycles. The van der Waals surface area contributed by atoms with Crippen LogP contribution in [-0.4, -0.2) is 24.4 Å². The lowest BCUT2D eigenvalue weighted by molar-refractivity contribution is -0.276. The summed E-state index contributed by atoms with van der Waals surface area (Å²) in [6, 6.07) is 0. The number of methoxy groups -OCH3 is 1. The molecule has 0 spiro atoms. The van der Waals surface area contributed by atoms with Gasteiger partial charge in [0.2, 0.25) is 0 Å². The van der Waals surface area contributed by atoms with Gasteiger partial charge in [0.1, 0.15) is 5.56 Å². The van der Waals surface area contributed by atoms with E-state index in [0.29, 0.717) is 6.20 Å². The first-order valence-corrected chi connectivity index (χ1v) is 6.12. The maximum absolute atomic E-state index is 12.7. The Bertz CT molecular complexity index is 543. The summed E-state index contributed by atoms with van der Waals surface area (Å²) in [6.07, 6.45) is -10.1. The molecule has 1 heterocycles. The summed E-state index contributed by atoms with van der Waals surface area (Å²) in [6.45, 7) is 0. The predicted octanol–water partition coefficient (Wildman–Crippen LogP) is 3.68. The number of esters is 1. The molecular formula is C10H6BrF6NO3. The lowest BCUT2D eigenvalue weighted by Crippen LogP contribution is -2.24. The van der Waals surface area contributed by atoms with Gasteiger partial charge in [-0.3, -0.25) is 0 Å². The van der Waals surface area contributed by atoms with Crippen LogP contribution in [0.4, 0.5) is 26.3 Å². The molecule has 0 aliphatic heterocycles. The summed E-state index contributed by atoms with van der Waals surface area (Å²) < 4.78 is 82.7. The topological polar surface area (TPSA) is 48.4 Å². The van der Waals surface area contributed by atoms with Crippen molar-refractivity contribution in [2.24, 2.45) is 0 Å². The molecule has 0 bridgehead atoms. The fourth-order valence-corrected chi connectivity index (χ4v) is 1.80. The van der Waals surface area contributed by atoms with Crippen LogP contribution in [0.3, 0.4) is 0 Å². The number of rotatable bonds is 3. The second-order valence-electron chi connectivity index (χ2n) is 3.51. The lowest BCUT2D eigenvalue weighted by Gasteiger charge is -2.18. The monoisotopic (exact) mass is 381 g/mol. The van der Waals surface area contributed by atoms with Gasteiger partial charge < -0.3 is 9.47 Å². The predicted molar refractivity (Wildman–Crippen MR) is 59.9 cm³/mol. The van der Waals surface area contributed by atoms with Crippen LogP contribution < -0.4 is 4.74 Å². The fraction of sp³-hybridized carbons (Fsp3) is 0.400. The molecule has 0 unspecified atom stereocenters. The third-order valence-electron chi connectivity index (χ3n) is 2.13. The van der Waals surface area contributed by atoms with E-state index in [0.717, 1.165) is 7.11 Å². The van der Waals surface area contributed by atoms with Crippen LogP contribution in [0.25, 0.3) is 0 Å². The molecule has 118 valence electrons. The summed E-state index contributed by atoms with van der Waals surface area (Å²) in [4.78, 5) is 14.4. The van der Waals surface area contributed by atoms with Gasteiger partial charge in [0.15, 0.2) is 11.4 Å². The highest BCUT2D eigenvalue weighted by molar-refractivity contribution is 9.08. The molecule has 0 amide bonds. The van der Waals surface area contributed by atoms with Crippen molar-refractivity contribution in [3.63, 3.8) is 0 Å². The average Bonchev–Trinajstić information content (AvgIpc) is 2.33. The van der Waals surface area contributed by atoms with Crippen LogP contribution in [0, 0.1) is 0 Å². The Morgan fingerprint density at radius 1 is 1.29 bits per heavy atom. The van der Waals surface area contributed by atoms with Gasteiger partial charge >= 0.3 is 18.5 Å². The normalized spacial score (nSPS) is 12.2. The number of nitrogens with zero attached hydrogens (tertiary/aromatic N) is 1. The van der Waals surface area contributed by atoms with E-state index in [2.05, 4.69) is 30.4 Å². The lowest BCUT2D eigenvalue weighted by atomic mass is 10.1. The van der Waals surface area contributed by atoms with Gasteiger partial charge in [-0.2, -0.15) is 13.2 Å². The number of alkyl halides is 7. The first kappa shape index (κ1) is 17.5. The zero-order valence-corrected chi connectivity index (χ0v) is 11.7. The number of carbonyl (C=O) groups excluding carboxylic acids is 1. The zero-order chi connectivity index (χ0) is 16.4. The molecule has 11 heteroatoms. The molecule has 21 heavy (non-hydrogen) atoms. The Labute approximate surface area is 122 Å². The SMILES string of the molecule is COC(=O)c1c(CBr)cnc(C(F)(F)F)c1OC(F)(F)F. The van der Waals surface area contributed by atoms with Crippen molar-refractivity contribution in [1.82, 2.24) is 4.98 Å². The largest absolute Gasteiger partial charge is 0.573 e. The first-order chi connectivity index (χ1) is 9.51. The number of halogens is 7. The fourth-order valence-electron chi connectivity index (χ4n) is 1.37. The van der Waals surface area contributed by atoms with Crippen LogP contribution in [0.2, 0.25) is 0 Å². The molecular weight excluding hydrogens is 376 g/mol. The third-order valence-corrected chi connectivity index (χ3v) is 2.74. The van der Waals surface area contributed by atoms with Gasteiger partial charge in [0.25, 0.3) is 0 Å². The zero-order valence-electron chi connectivity index (χ0n) is 10.1.